The first kappa shape index (κ1) is 16.0. The molecule has 2 N–H and O–H groups in total. The molecule has 108 valence electrons. The Balaban J connectivity index is 2.88. The topological polar surface area (TPSA) is 35.2 Å². The van der Waals surface area contributed by atoms with E-state index in [1.54, 1.807) is 0 Å². The molecule has 2 nitrogen and oxygen atoms in total. The lowest BCUT2D eigenvalue weighted by Crippen LogP contribution is -2.23. The second-order valence-corrected chi connectivity index (χ2v) is 6.47. The summed E-state index contributed by atoms with van der Waals surface area (Å²) in [5, 5.41) is 0. The van der Waals surface area contributed by atoms with Crippen molar-refractivity contribution in [3.8, 4) is 5.75 Å². The maximum atomic E-state index is 5.79. The highest BCUT2D eigenvalue weighted by atomic mass is 16.5. The minimum absolute atomic E-state index is 0.0716. The van der Waals surface area contributed by atoms with Crippen molar-refractivity contribution in [1.82, 2.24) is 0 Å². The van der Waals surface area contributed by atoms with Crippen LogP contribution in [0.2, 0.25) is 0 Å². The van der Waals surface area contributed by atoms with Crippen molar-refractivity contribution >= 4 is 0 Å². The van der Waals surface area contributed by atoms with Crippen molar-refractivity contribution < 1.29 is 4.74 Å². The zero-order valence-corrected chi connectivity index (χ0v) is 13.1. The van der Waals surface area contributed by atoms with Gasteiger partial charge in [-0.3, -0.25) is 0 Å². The SMILES string of the molecule is CC(C)Cc1cc(CC(C)C)cc(OCC(C)N)c1. The average Bonchev–Trinajstić information content (AvgIpc) is 2.24. The van der Waals surface area contributed by atoms with Crippen LogP contribution in [0.3, 0.4) is 0 Å². The first-order valence-corrected chi connectivity index (χ1v) is 7.38. The molecule has 1 aromatic rings. The van der Waals surface area contributed by atoms with Crippen LogP contribution in [0.5, 0.6) is 5.75 Å². The van der Waals surface area contributed by atoms with Gasteiger partial charge in [0.15, 0.2) is 0 Å². The Morgan fingerprint density at radius 2 is 1.37 bits per heavy atom. The van der Waals surface area contributed by atoms with Crippen LogP contribution in [0.15, 0.2) is 18.2 Å². The highest BCUT2D eigenvalue weighted by Crippen LogP contribution is 2.22. The minimum atomic E-state index is 0.0716. The Morgan fingerprint density at radius 1 is 0.895 bits per heavy atom. The quantitative estimate of drug-likeness (QED) is 0.812. The number of hydrogen-bond acceptors (Lipinski definition) is 2. The van der Waals surface area contributed by atoms with Crippen molar-refractivity contribution in [2.24, 2.45) is 17.6 Å². The first-order chi connectivity index (χ1) is 8.86. The van der Waals surface area contributed by atoms with E-state index in [0.717, 1.165) is 18.6 Å². The van der Waals surface area contributed by atoms with Crippen LogP contribution in [-0.4, -0.2) is 12.6 Å². The molecule has 0 fully saturated rings. The normalized spacial score (nSPS) is 13.1. The molecule has 1 unspecified atom stereocenters. The Kier molecular flexibility index (Phi) is 6.36. The van der Waals surface area contributed by atoms with E-state index in [-0.39, 0.29) is 6.04 Å². The summed E-state index contributed by atoms with van der Waals surface area (Å²) in [6.07, 6.45) is 2.20. The van der Waals surface area contributed by atoms with Gasteiger partial charge in [0.1, 0.15) is 12.4 Å². The van der Waals surface area contributed by atoms with Gasteiger partial charge < -0.3 is 10.5 Å². The van der Waals surface area contributed by atoms with Crippen LogP contribution in [0.4, 0.5) is 0 Å². The van der Waals surface area contributed by atoms with Crippen LogP contribution >= 0.6 is 0 Å². The molecule has 1 rings (SSSR count). The van der Waals surface area contributed by atoms with Crippen LogP contribution in [0.1, 0.15) is 45.7 Å². The number of benzene rings is 1. The van der Waals surface area contributed by atoms with Gasteiger partial charge in [-0.15, -0.1) is 0 Å². The summed E-state index contributed by atoms with van der Waals surface area (Å²) in [6, 6.07) is 6.71. The predicted molar refractivity (Wildman–Crippen MR) is 82.7 cm³/mol. The fraction of sp³-hybridized carbons (Fsp3) is 0.647. The Bertz CT molecular complexity index is 355. The molecule has 0 radical (unpaired) electrons. The van der Waals surface area contributed by atoms with Gasteiger partial charge in [0.05, 0.1) is 0 Å². The number of nitrogens with two attached hydrogens (primary N) is 1. The van der Waals surface area contributed by atoms with Crippen LogP contribution in [0, 0.1) is 11.8 Å². The van der Waals surface area contributed by atoms with E-state index < -0.39 is 0 Å². The number of ether oxygens (including phenoxy) is 1. The molecule has 19 heavy (non-hydrogen) atoms. The maximum Gasteiger partial charge on any atom is 0.119 e. The van der Waals surface area contributed by atoms with E-state index in [0.29, 0.717) is 18.4 Å². The molecule has 2 heteroatoms. The van der Waals surface area contributed by atoms with Crippen molar-refractivity contribution in [1.29, 1.82) is 0 Å². The highest BCUT2D eigenvalue weighted by molar-refractivity contribution is 5.35. The molecule has 0 aliphatic heterocycles. The van der Waals surface area contributed by atoms with Gasteiger partial charge in [0.2, 0.25) is 0 Å². The molecule has 0 heterocycles. The van der Waals surface area contributed by atoms with Gasteiger partial charge in [-0.25, -0.2) is 0 Å². The van der Waals surface area contributed by atoms with E-state index in [1.165, 1.54) is 11.1 Å². The van der Waals surface area contributed by atoms with Crippen molar-refractivity contribution in [3.63, 3.8) is 0 Å². The molecule has 1 atom stereocenters. The minimum Gasteiger partial charge on any atom is -0.492 e. The van der Waals surface area contributed by atoms with E-state index in [4.69, 9.17) is 10.5 Å². The van der Waals surface area contributed by atoms with Gasteiger partial charge in [-0.05, 0) is 54.9 Å². The molecule has 0 aliphatic carbocycles. The van der Waals surface area contributed by atoms with Crippen molar-refractivity contribution in [3.05, 3.63) is 29.3 Å². The smallest absolute Gasteiger partial charge is 0.119 e. The lowest BCUT2D eigenvalue weighted by molar-refractivity contribution is 0.295. The molecule has 0 saturated carbocycles. The highest BCUT2D eigenvalue weighted by Gasteiger charge is 2.07. The molecule has 0 aromatic heterocycles. The fourth-order valence-electron chi connectivity index (χ4n) is 2.22. The molecule has 0 spiro atoms. The second-order valence-electron chi connectivity index (χ2n) is 6.47. The zero-order valence-electron chi connectivity index (χ0n) is 13.1. The largest absolute Gasteiger partial charge is 0.492 e. The summed E-state index contributed by atoms with van der Waals surface area (Å²) in [5.74, 6) is 2.29. The fourth-order valence-corrected chi connectivity index (χ4v) is 2.22. The summed E-state index contributed by atoms with van der Waals surface area (Å²) in [6.45, 7) is 11.5. The third kappa shape index (κ3) is 6.63. The molecule has 0 saturated heterocycles. The summed E-state index contributed by atoms with van der Waals surface area (Å²) >= 11 is 0. The number of rotatable bonds is 7. The van der Waals surface area contributed by atoms with E-state index >= 15 is 0 Å². The third-order valence-electron chi connectivity index (χ3n) is 2.83. The van der Waals surface area contributed by atoms with Crippen LogP contribution < -0.4 is 10.5 Å². The molecular formula is C17H29NO. The van der Waals surface area contributed by atoms with E-state index in [9.17, 15) is 0 Å². The molecule has 1 aromatic carbocycles. The summed E-state index contributed by atoms with van der Waals surface area (Å²) in [5.41, 5.74) is 8.49. The average molecular weight is 263 g/mol. The summed E-state index contributed by atoms with van der Waals surface area (Å²) in [7, 11) is 0. The first-order valence-electron chi connectivity index (χ1n) is 7.38. The van der Waals surface area contributed by atoms with Gasteiger partial charge >= 0.3 is 0 Å². The zero-order chi connectivity index (χ0) is 14.4. The second kappa shape index (κ2) is 7.54. The monoisotopic (exact) mass is 263 g/mol. The van der Waals surface area contributed by atoms with Gasteiger partial charge in [-0.1, -0.05) is 33.8 Å². The summed E-state index contributed by atoms with van der Waals surface area (Å²) in [4.78, 5) is 0. The Hall–Kier alpha value is -1.02. The van der Waals surface area contributed by atoms with Crippen LogP contribution in [-0.2, 0) is 12.8 Å². The maximum absolute atomic E-state index is 5.79. The van der Waals surface area contributed by atoms with Crippen molar-refractivity contribution in [2.75, 3.05) is 6.61 Å². The third-order valence-corrected chi connectivity index (χ3v) is 2.83. The molecule has 0 bridgehead atoms. The van der Waals surface area contributed by atoms with Crippen LogP contribution in [0.25, 0.3) is 0 Å². The van der Waals surface area contributed by atoms with Gasteiger partial charge in [0.25, 0.3) is 0 Å². The number of hydrogen-bond donors (Lipinski definition) is 1. The summed E-state index contributed by atoms with van der Waals surface area (Å²) < 4.78 is 5.79. The predicted octanol–water partition coefficient (Wildman–Crippen LogP) is 3.81. The van der Waals surface area contributed by atoms with Gasteiger partial charge in [0, 0.05) is 6.04 Å². The molecule has 0 amide bonds. The Morgan fingerprint density at radius 3 is 1.74 bits per heavy atom. The van der Waals surface area contributed by atoms with Crippen molar-refractivity contribution in [2.45, 2.75) is 53.5 Å². The Labute approximate surface area is 118 Å². The molecule has 0 aliphatic rings. The van der Waals surface area contributed by atoms with E-state index in [2.05, 4.69) is 45.9 Å². The lowest BCUT2D eigenvalue weighted by Gasteiger charge is -2.14. The van der Waals surface area contributed by atoms with E-state index in [1.807, 2.05) is 6.92 Å². The molecular weight excluding hydrogens is 234 g/mol. The lowest BCUT2D eigenvalue weighted by atomic mass is 9.96. The standard InChI is InChI=1S/C17H29NO/c1-12(2)6-15-8-16(7-13(3)4)10-17(9-15)19-11-14(5)18/h8-10,12-14H,6-7,11,18H2,1-5H3. The van der Waals surface area contributed by atoms with Gasteiger partial charge in [-0.2, -0.15) is 0 Å².